The van der Waals surface area contributed by atoms with Crippen LogP contribution in [0, 0.1) is 0 Å². The van der Waals surface area contributed by atoms with Gasteiger partial charge in [-0.05, 0) is 13.0 Å². The van der Waals surface area contributed by atoms with Crippen molar-refractivity contribution in [1.82, 2.24) is 19.0 Å². The Bertz CT molecular complexity index is 861. The Hall–Kier alpha value is -1.46. The van der Waals surface area contributed by atoms with Gasteiger partial charge in [-0.2, -0.15) is 9.40 Å². The molecule has 0 aromatic carbocycles. The van der Waals surface area contributed by atoms with E-state index in [0.29, 0.717) is 6.54 Å². The summed E-state index contributed by atoms with van der Waals surface area (Å²) in [6.45, 7) is 2.76. The first-order valence-electron chi connectivity index (χ1n) is 7.64. The Morgan fingerprint density at radius 3 is 2.54 bits per heavy atom. The Morgan fingerprint density at radius 2 is 1.96 bits per heavy atom. The van der Waals surface area contributed by atoms with Crippen LogP contribution in [0.2, 0.25) is 0 Å². The molecule has 0 radical (unpaired) electrons. The molecule has 0 bridgehead atoms. The summed E-state index contributed by atoms with van der Waals surface area (Å²) in [5.74, 6) is -0.829. The lowest BCUT2D eigenvalue weighted by Crippen LogP contribution is -2.61. The third kappa shape index (κ3) is 3.07. The monoisotopic (exact) mass is 376 g/mol. The first-order valence-corrected chi connectivity index (χ1v) is 11.3. The van der Waals surface area contributed by atoms with Crippen LogP contribution in [0.4, 0.5) is 0 Å². The third-order valence-corrected chi connectivity index (χ3v) is 7.50. The zero-order valence-electron chi connectivity index (χ0n) is 13.5. The normalized spacial score (nSPS) is 27.2. The summed E-state index contributed by atoms with van der Waals surface area (Å²) in [4.78, 5) is 14.2. The number of aryl methyl sites for hydroxylation is 1. The molecule has 134 valence electrons. The molecule has 0 spiro atoms. The average Bonchev–Trinajstić information content (AvgIpc) is 3.06. The third-order valence-electron chi connectivity index (χ3n) is 4.50. The summed E-state index contributed by atoms with van der Waals surface area (Å²) in [6, 6.07) is 0.196. The summed E-state index contributed by atoms with van der Waals surface area (Å²) in [5, 5.41) is 4.17. The molecule has 24 heavy (non-hydrogen) atoms. The first-order chi connectivity index (χ1) is 11.1. The van der Waals surface area contributed by atoms with Gasteiger partial charge in [-0.3, -0.25) is 9.48 Å². The second kappa shape index (κ2) is 5.81. The van der Waals surface area contributed by atoms with E-state index < -0.39 is 31.9 Å². The number of sulfonamides is 1. The van der Waals surface area contributed by atoms with Gasteiger partial charge in [-0.15, -0.1) is 0 Å². The van der Waals surface area contributed by atoms with Crippen LogP contribution in [-0.4, -0.2) is 84.7 Å². The molecular formula is C13H20N4O5S2. The molecule has 2 saturated heterocycles. The second-order valence-corrected chi connectivity index (χ2v) is 10.2. The molecule has 11 heteroatoms. The Morgan fingerprint density at radius 1 is 1.29 bits per heavy atom. The van der Waals surface area contributed by atoms with Gasteiger partial charge in [0.25, 0.3) is 5.91 Å². The summed E-state index contributed by atoms with van der Waals surface area (Å²) in [7, 11) is -6.93. The Kier molecular flexibility index (Phi) is 4.21. The van der Waals surface area contributed by atoms with Crippen LogP contribution >= 0.6 is 0 Å². The highest BCUT2D eigenvalue weighted by Crippen LogP contribution is 2.29. The minimum Gasteiger partial charge on any atom is -0.330 e. The highest BCUT2D eigenvalue weighted by Gasteiger charge is 2.50. The van der Waals surface area contributed by atoms with E-state index >= 15 is 0 Å². The number of sulfone groups is 1. The Labute approximate surface area is 141 Å². The first kappa shape index (κ1) is 17.4. The number of hydrogen-bond acceptors (Lipinski definition) is 6. The summed E-state index contributed by atoms with van der Waals surface area (Å²) in [6.07, 6.45) is 2.75. The van der Waals surface area contributed by atoms with Gasteiger partial charge >= 0.3 is 0 Å². The lowest BCUT2D eigenvalue weighted by atomic mass is 10.1. The van der Waals surface area contributed by atoms with Crippen LogP contribution in [0.25, 0.3) is 0 Å². The van der Waals surface area contributed by atoms with E-state index in [1.807, 2.05) is 6.92 Å². The van der Waals surface area contributed by atoms with Gasteiger partial charge in [0.05, 0.1) is 29.8 Å². The summed E-state index contributed by atoms with van der Waals surface area (Å²) >= 11 is 0. The van der Waals surface area contributed by atoms with Crippen LogP contribution < -0.4 is 0 Å². The second-order valence-electron chi connectivity index (χ2n) is 6.14. The summed E-state index contributed by atoms with van der Waals surface area (Å²) in [5.41, 5.74) is 0.243. The number of fused-ring (bicyclic) bond motifs is 1. The lowest BCUT2D eigenvalue weighted by molar-refractivity contribution is 0.0510. The molecule has 0 aliphatic carbocycles. The van der Waals surface area contributed by atoms with E-state index in [1.54, 1.807) is 16.9 Å². The predicted octanol–water partition coefficient (Wildman–Crippen LogP) is -1.21. The molecule has 0 unspecified atom stereocenters. The molecule has 0 N–H and O–H groups in total. The molecule has 2 aliphatic rings. The number of hydrogen-bond donors (Lipinski definition) is 0. The van der Waals surface area contributed by atoms with Crippen LogP contribution in [0.5, 0.6) is 0 Å². The van der Waals surface area contributed by atoms with E-state index in [4.69, 9.17) is 0 Å². The molecule has 1 amide bonds. The number of rotatable bonds is 3. The van der Waals surface area contributed by atoms with E-state index in [-0.39, 0.29) is 36.2 Å². The zero-order valence-corrected chi connectivity index (χ0v) is 15.1. The quantitative estimate of drug-likeness (QED) is 0.654. The highest BCUT2D eigenvalue weighted by molar-refractivity contribution is 7.92. The molecule has 3 heterocycles. The van der Waals surface area contributed by atoms with Crippen LogP contribution in [0.1, 0.15) is 17.4 Å². The standard InChI is InChI=1S/C13H20N4O5S2/c1-3-15-5-4-10(14-15)13(18)16-6-7-17(23(2,19)20)12-9-24(21,22)8-11(12)16/h4-5,11-12H,3,6-9H2,1-2H3/t11-,12+/m1/s1. The van der Waals surface area contributed by atoms with E-state index in [0.717, 1.165) is 6.26 Å². The fourth-order valence-corrected chi connectivity index (χ4v) is 6.58. The van der Waals surface area contributed by atoms with Gasteiger partial charge in [0.2, 0.25) is 10.0 Å². The molecule has 3 rings (SSSR count). The largest absolute Gasteiger partial charge is 0.330 e. The molecule has 2 fully saturated rings. The van der Waals surface area contributed by atoms with Gasteiger partial charge in [0, 0.05) is 25.8 Å². The van der Waals surface area contributed by atoms with Crippen LogP contribution in [0.3, 0.4) is 0 Å². The van der Waals surface area contributed by atoms with Crippen molar-refractivity contribution in [2.24, 2.45) is 0 Å². The molecule has 0 saturated carbocycles. The van der Waals surface area contributed by atoms with Crippen molar-refractivity contribution in [3.63, 3.8) is 0 Å². The van der Waals surface area contributed by atoms with Gasteiger partial charge in [0.1, 0.15) is 5.69 Å². The van der Waals surface area contributed by atoms with Crippen LogP contribution in [0.15, 0.2) is 12.3 Å². The number of amides is 1. The number of nitrogens with zero attached hydrogens (tertiary/aromatic N) is 4. The average molecular weight is 376 g/mol. The highest BCUT2D eigenvalue weighted by atomic mass is 32.2. The number of piperazine rings is 1. The van der Waals surface area contributed by atoms with Crippen molar-refractivity contribution in [2.45, 2.75) is 25.6 Å². The minimum atomic E-state index is -3.53. The fraction of sp³-hybridized carbons (Fsp3) is 0.692. The minimum absolute atomic E-state index is 0.0930. The topological polar surface area (TPSA) is 110 Å². The van der Waals surface area contributed by atoms with Crippen LogP contribution in [-0.2, 0) is 26.4 Å². The zero-order chi connectivity index (χ0) is 17.7. The smallest absolute Gasteiger partial charge is 0.274 e. The van der Waals surface area contributed by atoms with Crippen molar-refractivity contribution >= 4 is 25.8 Å². The van der Waals surface area contributed by atoms with Crippen molar-refractivity contribution < 1.29 is 21.6 Å². The van der Waals surface area contributed by atoms with Crippen molar-refractivity contribution in [3.8, 4) is 0 Å². The Balaban J connectivity index is 1.92. The fourth-order valence-electron chi connectivity index (χ4n) is 3.38. The molecule has 2 atom stereocenters. The number of carbonyl (C=O) groups is 1. The van der Waals surface area contributed by atoms with Crippen molar-refractivity contribution in [1.29, 1.82) is 0 Å². The predicted molar refractivity (Wildman–Crippen MR) is 86.7 cm³/mol. The number of carbonyl (C=O) groups excluding carboxylic acids is 1. The lowest BCUT2D eigenvalue weighted by Gasteiger charge is -2.42. The van der Waals surface area contributed by atoms with Gasteiger partial charge in [-0.25, -0.2) is 16.8 Å². The van der Waals surface area contributed by atoms with Crippen molar-refractivity contribution in [3.05, 3.63) is 18.0 Å². The molecule has 2 aliphatic heterocycles. The van der Waals surface area contributed by atoms with E-state index in [2.05, 4.69) is 5.10 Å². The molecule has 9 nitrogen and oxygen atoms in total. The summed E-state index contributed by atoms with van der Waals surface area (Å²) < 4.78 is 50.8. The van der Waals surface area contributed by atoms with E-state index in [1.165, 1.54) is 9.21 Å². The van der Waals surface area contributed by atoms with Gasteiger partial charge in [0.15, 0.2) is 9.84 Å². The maximum atomic E-state index is 12.7. The maximum absolute atomic E-state index is 12.7. The van der Waals surface area contributed by atoms with E-state index in [9.17, 15) is 21.6 Å². The SMILES string of the molecule is CCn1ccc(C(=O)N2CCN(S(C)(=O)=O)[C@H]3CS(=O)(=O)C[C@H]32)n1. The number of aromatic nitrogens is 2. The molecule has 1 aromatic rings. The van der Waals surface area contributed by atoms with Gasteiger partial charge in [-0.1, -0.05) is 0 Å². The molecule has 1 aromatic heterocycles. The van der Waals surface area contributed by atoms with Crippen molar-refractivity contribution in [2.75, 3.05) is 30.9 Å². The van der Waals surface area contributed by atoms with Gasteiger partial charge < -0.3 is 4.90 Å². The molecular weight excluding hydrogens is 356 g/mol. The maximum Gasteiger partial charge on any atom is 0.274 e.